The Hall–Kier alpha value is -2.74. The third kappa shape index (κ3) is 4.06. The molecule has 3 rings (SSSR count). The highest BCUT2D eigenvalue weighted by atomic mass is 32.2. The molecule has 0 saturated carbocycles. The number of aryl methyl sites for hydroxylation is 1. The number of nitrogens with two attached hydrogens (primary N) is 1. The first-order chi connectivity index (χ1) is 13.4. The van der Waals surface area contributed by atoms with Gasteiger partial charge in [-0.25, -0.2) is 4.68 Å². The molecule has 0 saturated heterocycles. The van der Waals surface area contributed by atoms with E-state index >= 15 is 0 Å². The van der Waals surface area contributed by atoms with Gasteiger partial charge in [0, 0.05) is 5.69 Å². The average Bonchev–Trinajstić information content (AvgIpc) is 3.27. The van der Waals surface area contributed by atoms with Gasteiger partial charge in [-0.3, -0.25) is 4.79 Å². The summed E-state index contributed by atoms with van der Waals surface area (Å²) in [6, 6.07) is 9.69. The Morgan fingerprint density at radius 2 is 2.04 bits per heavy atom. The Bertz CT molecular complexity index is 965. The van der Waals surface area contributed by atoms with Crippen LogP contribution in [0.25, 0.3) is 11.4 Å². The fraction of sp³-hybridized carbons (Fsp3) is 0.350. The second-order valence-corrected chi connectivity index (χ2v) is 8.02. The molecule has 0 bridgehead atoms. The van der Waals surface area contributed by atoms with E-state index in [-0.39, 0.29) is 5.91 Å². The van der Waals surface area contributed by atoms with Crippen LogP contribution in [0.2, 0.25) is 0 Å². The van der Waals surface area contributed by atoms with Crippen molar-refractivity contribution < 1.29 is 9.21 Å². The summed E-state index contributed by atoms with van der Waals surface area (Å²) in [6.07, 6.45) is 2.58. The van der Waals surface area contributed by atoms with Gasteiger partial charge in [0.25, 0.3) is 0 Å². The van der Waals surface area contributed by atoms with E-state index in [1.54, 1.807) is 12.3 Å². The van der Waals surface area contributed by atoms with Gasteiger partial charge in [0.15, 0.2) is 5.82 Å². The first-order valence-corrected chi connectivity index (χ1v) is 10.1. The van der Waals surface area contributed by atoms with Crippen LogP contribution in [0.5, 0.6) is 0 Å². The van der Waals surface area contributed by atoms with Crippen LogP contribution in [-0.4, -0.2) is 26.0 Å². The summed E-state index contributed by atoms with van der Waals surface area (Å²) in [5, 5.41) is 11.4. The molecule has 1 amide bonds. The summed E-state index contributed by atoms with van der Waals surface area (Å²) in [5.74, 6) is 7.62. The number of furan rings is 1. The highest BCUT2D eigenvalue weighted by Crippen LogP contribution is 2.29. The van der Waals surface area contributed by atoms with Crippen molar-refractivity contribution in [2.24, 2.45) is 0 Å². The van der Waals surface area contributed by atoms with Crippen LogP contribution in [0.15, 0.2) is 46.2 Å². The molecule has 0 aliphatic heterocycles. The molecule has 2 aromatic heterocycles. The summed E-state index contributed by atoms with van der Waals surface area (Å²) in [6.45, 7) is 7.94. The van der Waals surface area contributed by atoms with Crippen LogP contribution in [0.1, 0.15) is 44.4 Å². The predicted octanol–water partition coefficient (Wildman–Crippen LogP) is 4.19. The van der Waals surface area contributed by atoms with Crippen molar-refractivity contribution in [2.75, 3.05) is 11.2 Å². The fourth-order valence-corrected chi connectivity index (χ4v) is 3.63. The number of carbonyl (C=O) groups excluding carboxylic acids is 1. The first kappa shape index (κ1) is 20.0. The fourth-order valence-electron chi connectivity index (χ4n) is 2.86. The average molecular weight is 400 g/mol. The molecule has 7 nitrogen and oxygen atoms in total. The van der Waals surface area contributed by atoms with Crippen LogP contribution < -0.4 is 11.2 Å². The molecule has 2 atom stereocenters. The zero-order chi connectivity index (χ0) is 20.3. The Kier molecular flexibility index (Phi) is 6.08. The normalized spacial score (nSPS) is 13.3. The lowest BCUT2D eigenvalue weighted by Crippen LogP contribution is -2.24. The predicted molar refractivity (Wildman–Crippen MR) is 112 cm³/mol. The molecule has 1 aromatic carbocycles. The van der Waals surface area contributed by atoms with Gasteiger partial charge in [-0.15, -0.1) is 10.2 Å². The molecule has 3 N–H and O–H groups in total. The quantitative estimate of drug-likeness (QED) is 0.456. The van der Waals surface area contributed by atoms with Gasteiger partial charge in [-0.05, 0) is 43.9 Å². The van der Waals surface area contributed by atoms with Gasteiger partial charge in [-0.1, -0.05) is 43.8 Å². The summed E-state index contributed by atoms with van der Waals surface area (Å²) in [7, 11) is 0. The number of hydrogen-bond acceptors (Lipinski definition) is 6. The van der Waals surface area contributed by atoms with Gasteiger partial charge in [0.1, 0.15) is 5.76 Å². The van der Waals surface area contributed by atoms with Gasteiger partial charge in [-0.2, -0.15) is 0 Å². The number of thioether (sulfide) groups is 1. The minimum absolute atomic E-state index is 0.107. The van der Waals surface area contributed by atoms with Crippen LogP contribution in [0.4, 0.5) is 5.69 Å². The lowest BCUT2D eigenvalue weighted by molar-refractivity contribution is -0.115. The maximum atomic E-state index is 12.7. The monoisotopic (exact) mass is 399 g/mol. The third-order valence-electron chi connectivity index (χ3n) is 4.78. The van der Waals surface area contributed by atoms with Crippen LogP contribution in [0.3, 0.4) is 0 Å². The summed E-state index contributed by atoms with van der Waals surface area (Å²) in [4.78, 5) is 12.7. The number of hydrogen-bond donors (Lipinski definition) is 2. The van der Waals surface area contributed by atoms with Crippen LogP contribution in [0, 0.1) is 6.92 Å². The second kappa shape index (κ2) is 8.52. The minimum atomic E-state index is -0.394. The Morgan fingerprint density at radius 3 is 2.71 bits per heavy atom. The lowest BCUT2D eigenvalue weighted by atomic mass is 9.97. The molecule has 0 radical (unpaired) electrons. The molecule has 0 fully saturated rings. The summed E-state index contributed by atoms with van der Waals surface area (Å²) in [5.41, 5.74) is 2.76. The van der Waals surface area contributed by atoms with E-state index in [0.717, 1.165) is 23.2 Å². The largest absolute Gasteiger partial charge is 0.469 e. The lowest BCUT2D eigenvalue weighted by Gasteiger charge is -2.17. The van der Waals surface area contributed by atoms with Gasteiger partial charge < -0.3 is 15.6 Å². The zero-order valence-electron chi connectivity index (χ0n) is 16.5. The van der Waals surface area contributed by atoms with E-state index in [0.29, 0.717) is 22.7 Å². The molecule has 3 aromatic rings. The number of aromatic nitrogens is 3. The summed E-state index contributed by atoms with van der Waals surface area (Å²) >= 11 is 1.26. The Balaban J connectivity index is 1.72. The van der Waals surface area contributed by atoms with Crippen molar-refractivity contribution in [1.29, 1.82) is 0 Å². The SMILES string of the molecule is CC[C@H](C)c1ccccc1NC(=O)[C@@H](C)Sc1nnc(-c2ccoc2C)n1N. The van der Waals surface area contributed by atoms with Crippen molar-refractivity contribution in [3.63, 3.8) is 0 Å². The van der Waals surface area contributed by atoms with Crippen molar-refractivity contribution in [2.45, 2.75) is 50.4 Å². The molecule has 0 aliphatic rings. The standard InChI is InChI=1S/C20H25N5O2S/c1-5-12(2)15-8-6-7-9-17(15)22-19(26)14(4)28-20-24-23-18(25(20)21)16-10-11-27-13(16)3/h6-12,14H,5,21H2,1-4H3,(H,22,26)/t12-,14+/m0/s1. The number of nitrogens with one attached hydrogen (secondary N) is 1. The number of nitrogen functional groups attached to an aromatic ring is 1. The molecular weight excluding hydrogens is 374 g/mol. The van der Waals surface area contributed by atoms with E-state index in [1.807, 2.05) is 32.0 Å². The van der Waals surface area contributed by atoms with Crippen LogP contribution in [-0.2, 0) is 4.79 Å². The number of para-hydroxylation sites is 1. The van der Waals surface area contributed by atoms with Crippen molar-refractivity contribution in [3.05, 3.63) is 47.9 Å². The molecule has 8 heteroatoms. The van der Waals surface area contributed by atoms with E-state index in [4.69, 9.17) is 10.3 Å². The van der Waals surface area contributed by atoms with Crippen molar-refractivity contribution in [1.82, 2.24) is 14.9 Å². The summed E-state index contributed by atoms with van der Waals surface area (Å²) < 4.78 is 6.69. The molecule has 2 heterocycles. The first-order valence-electron chi connectivity index (χ1n) is 9.23. The van der Waals surface area contributed by atoms with Gasteiger partial charge in [0.2, 0.25) is 11.1 Å². The molecular formula is C20H25N5O2S. The van der Waals surface area contributed by atoms with E-state index < -0.39 is 5.25 Å². The van der Waals surface area contributed by atoms with Gasteiger partial charge in [0.05, 0.1) is 17.1 Å². The molecule has 148 valence electrons. The minimum Gasteiger partial charge on any atom is -0.469 e. The highest BCUT2D eigenvalue weighted by molar-refractivity contribution is 8.00. The Morgan fingerprint density at radius 1 is 1.29 bits per heavy atom. The second-order valence-electron chi connectivity index (χ2n) is 6.71. The topological polar surface area (TPSA) is 99.0 Å². The Labute approximate surface area is 168 Å². The molecule has 0 spiro atoms. The van der Waals surface area contributed by atoms with Gasteiger partial charge >= 0.3 is 0 Å². The smallest absolute Gasteiger partial charge is 0.237 e. The number of rotatable bonds is 7. The number of anilines is 1. The van der Waals surface area contributed by atoms with E-state index in [1.165, 1.54) is 16.4 Å². The number of carbonyl (C=O) groups is 1. The molecule has 28 heavy (non-hydrogen) atoms. The number of nitrogens with zero attached hydrogens (tertiary/aromatic N) is 3. The maximum absolute atomic E-state index is 12.7. The molecule has 0 unspecified atom stereocenters. The zero-order valence-corrected chi connectivity index (χ0v) is 17.3. The highest BCUT2D eigenvalue weighted by Gasteiger charge is 2.22. The number of amides is 1. The third-order valence-corrected chi connectivity index (χ3v) is 5.83. The number of benzene rings is 1. The van der Waals surface area contributed by atoms with E-state index in [2.05, 4.69) is 35.4 Å². The van der Waals surface area contributed by atoms with Crippen LogP contribution >= 0.6 is 11.8 Å². The maximum Gasteiger partial charge on any atom is 0.237 e. The van der Waals surface area contributed by atoms with E-state index in [9.17, 15) is 4.79 Å². The van der Waals surface area contributed by atoms with Crippen molar-refractivity contribution >= 4 is 23.4 Å². The molecule has 0 aliphatic carbocycles. The van der Waals surface area contributed by atoms with Crippen molar-refractivity contribution in [3.8, 4) is 11.4 Å².